The van der Waals surface area contributed by atoms with Gasteiger partial charge in [-0.3, -0.25) is 0 Å². The highest BCUT2D eigenvalue weighted by atomic mass is 16.3. The van der Waals surface area contributed by atoms with Crippen LogP contribution in [0, 0.1) is 5.92 Å². The molecule has 0 radical (unpaired) electrons. The van der Waals surface area contributed by atoms with Gasteiger partial charge in [-0.15, -0.1) is 0 Å². The van der Waals surface area contributed by atoms with E-state index in [0.717, 1.165) is 12.5 Å². The van der Waals surface area contributed by atoms with Gasteiger partial charge in [0.15, 0.2) is 0 Å². The van der Waals surface area contributed by atoms with E-state index in [2.05, 4.69) is 12.2 Å². The first-order valence-electron chi connectivity index (χ1n) is 6.15. The molecule has 1 fully saturated rings. The molecule has 1 aliphatic carbocycles. The second kappa shape index (κ2) is 6.41. The van der Waals surface area contributed by atoms with Crippen molar-refractivity contribution in [1.29, 1.82) is 0 Å². The molecule has 1 saturated carbocycles. The second-order valence-electron chi connectivity index (χ2n) is 4.67. The van der Waals surface area contributed by atoms with E-state index in [-0.39, 0.29) is 6.10 Å². The third-order valence-corrected chi connectivity index (χ3v) is 3.33. The minimum absolute atomic E-state index is 0.215. The average molecular weight is 199 g/mol. The smallest absolute Gasteiger partial charge is 0.0636 e. The molecule has 2 heteroatoms. The Balaban J connectivity index is 2.28. The lowest BCUT2D eigenvalue weighted by Gasteiger charge is -2.30. The average Bonchev–Trinajstić information content (AvgIpc) is 2.20. The van der Waals surface area contributed by atoms with Crippen LogP contribution < -0.4 is 5.32 Å². The minimum Gasteiger partial charge on any atom is -0.392 e. The molecule has 1 rings (SSSR count). The van der Waals surface area contributed by atoms with Crippen LogP contribution in [-0.2, 0) is 0 Å². The van der Waals surface area contributed by atoms with Crippen molar-refractivity contribution in [3.05, 3.63) is 0 Å². The van der Waals surface area contributed by atoms with Crippen molar-refractivity contribution in [2.24, 2.45) is 5.92 Å². The SMILES string of the molecule is CCC(NC[C@H](C)O)C1CCCCC1. The van der Waals surface area contributed by atoms with Crippen LogP contribution in [0.25, 0.3) is 0 Å². The highest BCUT2D eigenvalue weighted by molar-refractivity contribution is 4.78. The Bertz CT molecular complexity index is 141. The van der Waals surface area contributed by atoms with E-state index in [1.807, 2.05) is 6.92 Å². The molecule has 0 saturated heterocycles. The van der Waals surface area contributed by atoms with Crippen molar-refractivity contribution >= 4 is 0 Å². The number of hydrogen-bond acceptors (Lipinski definition) is 2. The molecule has 2 nitrogen and oxygen atoms in total. The quantitative estimate of drug-likeness (QED) is 0.712. The van der Waals surface area contributed by atoms with Gasteiger partial charge in [0.25, 0.3) is 0 Å². The van der Waals surface area contributed by atoms with Crippen LogP contribution in [-0.4, -0.2) is 23.8 Å². The van der Waals surface area contributed by atoms with Crippen LogP contribution in [0.2, 0.25) is 0 Å². The highest BCUT2D eigenvalue weighted by Crippen LogP contribution is 2.27. The summed E-state index contributed by atoms with van der Waals surface area (Å²) in [5.74, 6) is 0.854. The maximum absolute atomic E-state index is 9.23. The Morgan fingerprint density at radius 3 is 2.43 bits per heavy atom. The van der Waals surface area contributed by atoms with E-state index in [4.69, 9.17) is 0 Å². The molecule has 0 aromatic carbocycles. The first-order chi connectivity index (χ1) is 6.74. The van der Waals surface area contributed by atoms with Gasteiger partial charge in [0.1, 0.15) is 0 Å². The molecule has 2 atom stereocenters. The van der Waals surface area contributed by atoms with Crippen LogP contribution in [0.3, 0.4) is 0 Å². The van der Waals surface area contributed by atoms with E-state index < -0.39 is 0 Å². The molecule has 2 N–H and O–H groups in total. The van der Waals surface area contributed by atoms with Crippen molar-refractivity contribution < 1.29 is 5.11 Å². The molecular weight excluding hydrogens is 174 g/mol. The molecule has 0 heterocycles. The minimum atomic E-state index is -0.215. The lowest BCUT2D eigenvalue weighted by Crippen LogP contribution is -2.40. The first kappa shape index (κ1) is 12.0. The normalized spacial score (nSPS) is 23.4. The summed E-state index contributed by atoms with van der Waals surface area (Å²) in [5, 5.41) is 12.7. The maximum Gasteiger partial charge on any atom is 0.0636 e. The van der Waals surface area contributed by atoms with Gasteiger partial charge in [-0.05, 0) is 32.1 Å². The molecule has 0 aromatic heterocycles. The van der Waals surface area contributed by atoms with Crippen LogP contribution in [0.4, 0.5) is 0 Å². The number of aliphatic hydroxyl groups is 1. The Labute approximate surface area is 88.1 Å². The molecule has 84 valence electrons. The Morgan fingerprint density at radius 2 is 1.93 bits per heavy atom. The zero-order chi connectivity index (χ0) is 10.4. The molecule has 14 heavy (non-hydrogen) atoms. The molecule has 0 aliphatic heterocycles. The zero-order valence-corrected chi connectivity index (χ0v) is 9.63. The van der Waals surface area contributed by atoms with Gasteiger partial charge in [0, 0.05) is 12.6 Å². The van der Waals surface area contributed by atoms with Gasteiger partial charge in [-0.1, -0.05) is 26.2 Å². The summed E-state index contributed by atoms with van der Waals surface area (Å²) in [6, 6.07) is 0.630. The lowest BCUT2D eigenvalue weighted by atomic mass is 9.83. The number of hydrogen-bond donors (Lipinski definition) is 2. The lowest BCUT2D eigenvalue weighted by molar-refractivity contribution is 0.171. The largest absolute Gasteiger partial charge is 0.392 e. The number of aliphatic hydroxyl groups excluding tert-OH is 1. The molecule has 0 bridgehead atoms. The standard InChI is InChI=1S/C12H25NO/c1-3-12(13-9-10(2)14)11-7-5-4-6-8-11/h10-14H,3-9H2,1-2H3/t10-,12?/m0/s1. The first-order valence-corrected chi connectivity index (χ1v) is 6.15. The third-order valence-electron chi connectivity index (χ3n) is 3.33. The second-order valence-corrected chi connectivity index (χ2v) is 4.67. The van der Waals surface area contributed by atoms with Crippen LogP contribution in [0.5, 0.6) is 0 Å². The van der Waals surface area contributed by atoms with Crippen LogP contribution in [0.15, 0.2) is 0 Å². The molecular formula is C12H25NO. The van der Waals surface area contributed by atoms with Gasteiger partial charge in [0.05, 0.1) is 6.10 Å². The summed E-state index contributed by atoms with van der Waals surface area (Å²) in [6.45, 7) is 4.84. The van der Waals surface area contributed by atoms with E-state index in [0.29, 0.717) is 6.04 Å². The summed E-state index contributed by atoms with van der Waals surface area (Å²) in [6.07, 6.45) is 7.96. The Morgan fingerprint density at radius 1 is 1.29 bits per heavy atom. The Hall–Kier alpha value is -0.0800. The molecule has 1 unspecified atom stereocenters. The van der Waals surface area contributed by atoms with Crippen molar-refractivity contribution in [2.45, 2.75) is 64.5 Å². The van der Waals surface area contributed by atoms with Crippen molar-refractivity contribution in [3.8, 4) is 0 Å². The topological polar surface area (TPSA) is 32.3 Å². The number of nitrogens with one attached hydrogen (secondary N) is 1. The Kier molecular flexibility index (Phi) is 5.49. The van der Waals surface area contributed by atoms with Crippen molar-refractivity contribution in [1.82, 2.24) is 5.32 Å². The highest BCUT2D eigenvalue weighted by Gasteiger charge is 2.21. The fourth-order valence-corrected chi connectivity index (χ4v) is 2.50. The van der Waals surface area contributed by atoms with Crippen molar-refractivity contribution in [2.75, 3.05) is 6.54 Å². The van der Waals surface area contributed by atoms with E-state index in [1.54, 1.807) is 0 Å². The molecule has 0 amide bonds. The van der Waals surface area contributed by atoms with E-state index in [9.17, 15) is 5.11 Å². The summed E-state index contributed by atoms with van der Waals surface area (Å²) in [4.78, 5) is 0. The van der Waals surface area contributed by atoms with Gasteiger partial charge in [0.2, 0.25) is 0 Å². The summed E-state index contributed by atoms with van der Waals surface area (Å²) < 4.78 is 0. The fourth-order valence-electron chi connectivity index (χ4n) is 2.50. The fraction of sp³-hybridized carbons (Fsp3) is 1.00. The van der Waals surface area contributed by atoms with E-state index >= 15 is 0 Å². The predicted octanol–water partition coefficient (Wildman–Crippen LogP) is 2.32. The monoisotopic (exact) mass is 199 g/mol. The molecule has 0 aromatic rings. The predicted molar refractivity (Wildman–Crippen MR) is 60.3 cm³/mol. The third kappa shape index (κ3) is 3.97. The van der Waals surface area contributed by atoms with Crippen molar-refractivity contribution in [3.63, 3.8) is 0 Å². The van der Waals surface area contributed by atoms with Gasteiger partial charge < -0.3 is 10.4 Å². The van der Waals surface area contributed by atoms with Crippen LogP contribution >= 0.6 is 0 Å². The maximum atomic E-state index is 9.23. The van der Waals surface area contributed by atoms with Gasteiger partial charge >= 0.3 is 0 Å². The number of rotatable bonds is 5. The molecule has 0 spiro atoms. The van der Waals surface area contributed by atoms with Crippen LogP contribution in [0.1, 0.15) is 52.4 Å². The van der Waals surface area contributed by atoms with Gasteiger partial charge in [-0.2, -0.15) is 0 Å². The van der Waals surface area contributed by atoms with Gasteiger partial charge in [-0.25, -0.2) is 0 Å². The summed E-state index contributed by atoms with van der Waals surface area (Å²) in [7, 11) is 0. The summed E-state index contributed by atoms with van der Waals surface area (Å²) >= 11 is 0. The molecule has 1 aliphatic rings. The summed E-state index contributed by atoms with van der Waals surface area (Å²) in [5.41, 5.74) is 0. The zero-order valence-electron chi connectivity index (χ0n) is 9.63. The van der Waals surface area contributed by atoms with E-state index in [1.165, 1.54) is 38.5 Å².